The molecule has 0 heterocycles. The fourth-order valence-corrected chi connectivity index (χ4v) is 1.28. The third-order valence-electron chi connectivity index (χ3n) is 1.34. The van der Waals surface area contributed by atoms with Gasteiger partial charge in [0.15, 0.2) is 0 Å². The monoisotopic (exact) mass is 301 g/mol. The fourth-order valence-electron chi connectivity index (χ4n) is 0.844. The smallest absolute Gasteiger partial charge is 0.413 e. The largest absolute Gasteiger partial charge is 0.487 e. The minimum Gasteiger partial charge on any atom is -0.413 e. The Hall–Kier alpha value is -0.950. The summed E-state index contributed by atoms with van der Waals surface area (Å²) in [7, 11) is 0. The summed E-state index contributed by atoms with van der Waals surface area (Å²) in [5, 5.41) is 10.5. The number of nitro benzene ring substituents is 1. The van der Waals surface area contributed by atoms with E-state index in [1.807, 2.05) is 0 Å². The van der Waals surface area contributed by atoms with E-state index in [4.69, 9.17) is 0 Å². The second kappa shape index (κ2) is 4.28. The van der Waals surface area contributed by atoms with Crippen LogP contribution in [0.4, 0.5) is 14.5 Å². The molecule has 0 amide bonds. The summed E-state index contributed by atoms with van der Waals surface area (Å²) in [6, 6.07) is 3.39. The molecule has 0 unspecified atom stereocenters. The quantitative estimate of drug-likeness (QED) is 0.487. The molecule has 0 saturated heterocycles. The fraction of sp³-hybridized carbons (Fsp3) is 0.143. The summed E-state index contributed by atoms with van der Waals surface area (Å²) in [5.41, 5.74) is -4.57. The third-order valence-corrected chi connectivity index (χ3v) is 1.91. The van der Waals surface area contributed by atoms with Gasteiger partial charge in [0.1, 0.15) is 0 Å². The number of nitro groups is 1. The normalized spacial score (nSPS) is 11.2. The van der Waals surface area contributed by atoms with Crippen LogP contribution in [0.2, 0.25) is 0 Å². The van der Waals surface area contributed by atoms with E-state index in [9.17, 15) is 18.9 Å². The minimum absolute atomic E-state index is 0.374. The molecule has 0 bridgehead atoms. The molecule has 0 atom stereocenters. The van der Waals surface area contributed by atoms with Crippen LogP contribution in [0, 0.1) is 10.1 Å². The molecule has 0 saturated carbocycles. The average Bonchev–Trinajstić information content (AvgIpc) is 2.05. The number of rotatable bonds is 3. The van der Waals surface area contributed by atoms with E-state index in [0.29, 0.717) is 4.47 Å². The van der Waals surface area contributed by atoms with Crippen molar-refractivity contribution in [1.29, 1.82) is 0 Å². The van der Waals surface area contributed by atoms with Crippen LogP contribution >= 0.6 is 27.5 Å². The molecule has 1 aromatic carbocycles. The van der Waals surface area contributed by atoms with Crippen LogP contribution in [0.15, 0.2) is 22.7 Å². The van der Waals surface area contributed by atoms with E-state index < -0.39 is 21.9 Å². The predicted octanol–water partition coefficient (Wildman–Crippen LogP) is 3.53. The molecule has 0 aromatic heterocycles. The maximum atomic E-state index is 12.3. The molecule has 0 aliphatic heterocycles. The predicted molar refractivity (Wildman–Crippen MR) is 52.2 cm³/mol. The molecule has 1 aromatic rings. The zero-order valence-corrected chi connectivity index (χ0v) is 9.26. The molecule has 82 valence electrons. The van der Waals surface area contributed by atoms with Gasteiger partial charge in [0.2, 0.25) is 5.75 Å². The Morgan fingerprint density at radius 2 is 2.13 bits per heavy atom. The van der Waals surface area contributed by atoms with Crippen LogP contribution in [0.3, 0.4) is 0 Å². The lowest BCUT2D eigenvalue weighted by Gasteiger charge is -2.10. The first-order chi connectivity index (χ1) is 6.79. The van der Waals surface area contributed by atoms with Gasteiger partial charge >= 0.3 is 11.3 Å². The Bertz CT molecular complexity index is 396. The number of benzene rings is 1. The van der Waals surface area contributed by atoms with E-state index in [-0.39, 0.29) is 0 Å². The maximum absolute atomic E-state index is 12.3. The molecule has 0 fully saturated rings. The number of halogens is 4. The molecule has 4 nitrogen and oxygen atoms in total. The van der Waals surface area contributed by atoms with Crippen molar-refractivity contribution in [3.63, 3.8) is 0 Å². The number of hydrogen-bond acceptors (Lipinski definition) is 3. The highest BCUT2D eigenvalue weighted by Gasteiger charge is 2.31. The molecule has 15 heavy (non-hydrogen) atoms. The average molecular weight is 302 g/mol. The van der Waals surface area contributed by atoms with Crippen molar-refractivity contribution < 1.29 is 18.4 Å². The first-order valence-electron chi connectivity index (χ1n) is 3.49. The number of hydrogen-bond donors (Lipinski definition) is 0. The topological polar surface area (TPSA) is 52.4 Å². The molecule has 0 aliphatic carbocycles. The van der Waals surface area contributed by atoms with Crippen molar-refractivity contribution in [3.8, 4) is 5.75 Å². The van der Waals surface area contributed by atoms with Crippen molar-refractivity contribution in [2.45, 2.75) is 5.57 Å². The Balaban J connectivity index is 3.12. The van der Waals surface area contributed by atoms with Gasteiger partial charge < -0.3 is 4.74 Å². The van der Waals surface area contributed by atoms with Gasteiger partial charge in [0.25, 0.3) is 0 Å². The Kier molecular flexibility index (Phi) is 3.46. The van der Waals surface area contributed by atoms with Crippen LogP contribution in [0.1, 0.15) is 0 Å². The van der Waals surface area contributed by atoms with Crippen molar-refractivity contribution in [2.24, 2.45) is 0 Å². The summed E-state index contributed by atoms with van der Waals surface area (Å²) < 4.78 is 28.8. The zero-order valence-electron chi connectivity index (χ0n) is 6.92. The van der Waals surface area contributed by atoms with Crippen LogP contribution in [0.5, 0.6) is 5.75 Å². The first kappa shape index (κ1) is 12.1. The molecule has 0 aliphatic rings. The Morgan fingerprint density at radius 3 is 2.60 bits per heavy atom. The Morgan fingerprint density at radius 1 is 1.53 bits per heavy atom. The van der Waals surface area contributed by atoms with Crippen LogP contribution in [-0.4, -0.2) is 10.5 Å². The lowest BCUT2D eigenvalue weighted by Crippen LogP contribution is -2.16. The van der Waals surface area contributed by atoms with Gasteiger partial charge in [-0.25, -0.2) is 0 Å². The van der Waals surface area contributed by atoms with Crippen LogP contribution in [0.25, 0.3) is 0 Å². The summed E-state index contributed by atoms with van der Waals surface area (Å²) in [5.74, 6) is -0.594. The van der Waals surface area contributed by atoms with Crippen molar-refractivity contribution in [1.82, 2.24) is 0 Å². The summed E-state index contributed by atoms with van der Waals surface area (Å²) in [6.07, 6.45) is 0. The minimum atomic E-state index is -3.97. The van der Waals surface area contributed by atoms with E-state index in [1.54, 1.807) is 0 Å². The van der Waals surface area contributed by atoms with E-state index in [1.165, 1.54) is 6.07 Å². The SMILES string of the molecule is O=[N+]([O-])c1cc(Br)ccc1OC(F)(F)Cl. The number of alkyl halides is 3. The second-order valence-electron chi connectivity index (χ2n) is 2.42. The van der Waals surface area contributed by atoms with E-state index in [2.05, 4.69) is 32.3 Å². The van der Waals surface area contributed by atoms with Gasteiger partial charge in [-0.15, -0.1) is 8.78 Å². The highest BCUT2D eigenvalue weighted by atomic mass is 79.9. The maximum Gasteiger partial charge on any atom is 0.487 e. The molecule has 0 radical (unpaired) electrons. The third kappa shape index (κ3) is 3.60. The Labute approximate surface area is 96.1 Å². The molecular formula is C7H3BrClF2NO3. The standard InChI is InChI=1S/C7H3BrClF2NO3/c8-4-1-2-6(15-7(9,10)11)5(3-4)12(13)14/h1-3H. The van der Waals surface area contributed by atoms with Crippen LogP contribution < -0.4 is 4.74 Å². The highest BCUT2D eigenvalue weighted by Crippen LogP contribution is 2.34. The lowest BCUT2D eigenvalue weighted by molar-refractivity contribution is -0.386. The first-order valence-corrected chi connectivity index (χ1v) is 4.66. The second-order valence-corrected chi connectivity index (χ2v) is 3.77. The number of ether oxygens (including phenoxy) is 1. The van der Waals surface area contributed by atoms with Gasteiger partial charge in [-0.2, -0.15) is 0 Å². The van der Waals surface area contributed by atoms with Gasteiger partial charge in [-0.3, -0.25) is 10.1 Å². The van der Waals surface area contributed by atoms with Crippen molar-refractivity contribution >= 4 is 33.2 Å². The van der Waals surface area contributed by atoms with Gasteiger partial charge in [-0.1, -0.05) is 15.9 Å². The molecule has 0 N–H and O–H groups in total. The molecule has 0 spiro atoms. The van der Waals surface area contributed by atoms with Crippen molar-refractivity contribution in [3.05, 3.63) is 32.8 Å². The summed E-state index contributed by atoms with van der Waals surface area (Å²) in [6.45, 7) is 0. The van der Waals surface area contributed by atoms with Gasteiger partial charge in [-0.05, 0) is 12.1 Å². The van der Waals surface area contributed by atoms with E-state index >= 15 is 0 Å². The molecule has 1 rings (SSSR count). The van der Waals surface area contributed by atoms with Gasteiger partial charge in [0.05, 0.1) is 4.92 Å². The number of nitrogens with zero attached hydrogens (tertiary/aromatic N) is 1. The van der Waals surface area contributed by atoms with E-state index in [0.717, 1.165) is 12.1 Å². The molecule has 8 heteroatoms. The molecular weight excluding hydrogens is 299 g/mol. The van der Waals surface area contributed by atoms with Crippen molar-refractivity contribution in [2.75, 3.05) is 0 Å². The van der Waals surface area contributed by atoms with Gasteiger partial charge in [0, 0.05) is 22.1 Å². The lowest BCUT2D eigenvalue weighted by atomic mass is 10.3. The van der Waals surface area contributed by atoms with Crippen LogP contribution in [-0.2, 0) is 0 Å². The highest BCUT2D eigenvalue weighted by molar-refractivity contribution is 9.10. The summed E-state index contributed by atoms with van der Waals surface area (Å²) in [4.78, 5) is 9.63. The summed E-state index contributed by atoms with van der Waals surface area (Å²) >= 11 is 7.46. The zero-order chi connectivity index (χ0) is 11.6.